The van der Waals surface area contributed by atoms with E-state index in [0.29, 0.717) is 12.5 Å². The summed E-state index contributed by atoms with van der Waals surface area (Å²) in [6, 6.07) is 20.4. The largest absolute Gasteiger partial charge is 0.489 e. The fourth-order valence-electron chi connectivity index (χ4n) is 3.04. The fourth-order valence-corrected chi connectivity index (χ4v) is 3.04. The van der Waals surface area contributed by atoms with E-state index in [4.69, 9.17) is 9.15 Å². The highest BCUT2D eigenvalue weighted by Crippen LogP contribution is 2.28. The van der Waals surface area contributed by atoms with Crippen LogP contribution in [0, 0.1) is 20.8 Å². The third-order valence-corrected chi connectivity index (χ3v) is 4.45. The number of fused-ring (bicyclic) bond motifs is 1. The van der Waals surface area contributed by atoms with Gasteiger partial charge in [-0.1, -0.05) is 35.9 Å². The lowest BCUT2D eigenvalue weighted by molar-refractivity contribution is 0.306. The SMILES string of the molecule is Cc1ccc(COc2ccc(-c3nc4cc(C)cc(C)c4o3)cc2)cc1. The number of aromatic nitrogens is 1. The molecule has 0 saturated carbocycles. The summed E-state index contributed by atoms with van der Waals surface area (Å²) in [5.41, 5.74) is 7.40. The highest BCUT2D eigenvalue weighted by atomic mass is 16.5. The van der Waals surface area contributed by atoms with Gasteiger partial charge in [0.25, 0.3) is 0 Å². The highest BCUT2D eigenvalue weighted by molar-refractivity contribution is 5.80. The number of ether oxygens (including phenoxy) is 1. The summed E-state index contributed by atoms with van der Waals surface area (Å²) < 4.78 is 11.8. The first-order chi connectivity index (χ1) is 12.6. The van der Waals surface area contributed by atoms with Gasteiger partial charge in [-0.2, -0.15) is 0 Å². The summed E-state index contributed by atoms with van der Waals surface area (Å²) in [6.45, 7) is 6.76. The smallest absolute Gasteiger partial charge is 0.227 e. The zero-order chi connectivity index (χ0) is 18.1. The molecule has 0 fully saturated rings. The van der Waals surface area contributed by atoms with Gasteiger partial charge in [0.2, 0.25) is 5.89 Å². The maximum atomic E-state index is 5.97. The van der Waals surface area contributed by atoms with Crippen LogP contribution in [0.15, 0.2) is 65.1 Å². The van der Waals surface area contributed by atoms with Gasteiger partial charge < -0.3 is 9.15 Å². The van der Waals surface area contributed by atoms with Gasteiger partial charge in [0.1, 0.15) is 17.9 Å². The van der Waals surface area contributed by atoms with Crippen molar-refractivity contribution in [2.24, 2.45) is 0 Å². The van der Waals surface area contributed by atoms with Gasteiger partial charge in [0, 0.05) is 5.56 Å². The molecule has 0 aliphatic heterocycles. The van der Waals surface area contributed by atoms with Crippen molar-refractivity contribution in [3.8, 4) is 17.2 Å². The summed E-state index contributed by atoms with van der Waals surface area (Å²) in [5.74, 6) is 1.47. The third-order valence-electron chi connectivity index (χ3n) is 4.45. The quantitative estimate of drug-likeness (QED) is 0.456. The van der Waals surface area contributed by atoms with E-state index in [-0.39, 0.29) is 0 Å². The molecule has 0 saturated heterocycles. The zero-order valence-corrected chi connectivity index (χ0v) is 15.2. The van der Waals surface area contributed by atoms with Gasteiger partial charge in [-0.15, -0.1) is 0 Å². The van der Waals surface area contributed by atoms with E-state index >= 15 is 0 Å². The van der Waals surface area contributed by atoms with E-state index in [1.165, 1.54) is 11.1 Å². The molecule has 4 rings (SSSR count). The first-order valence-electron chi connectivity index (χ1n) is 8.75. The van der Waals surface area contributed by atoms with E-state index in [1.54, 1.807) is 0 Å². The molecule has 0 spiro atoms. The average molecular weight is 343 g/mol. The Bertz CT molecular complexity index is 1040. The van der Waals surface area contributed by atoms with Crippen LogP contribution in [0.3, 0.4) is 0 Å². The second-order valence-electron chi connectivity index (χ2n) is 6.75. The Hall–Kier alpha value is -3.07. The lowest BCUT2D eigenvalue weighted by atomic mass is 10.1. The number of hydrogen-bond donors (Lipinski definition) is 0. The molecule has 4 aromatic rings. The lowest BCUT2D eigenvalue weighted by Crippen LogP contribution is -1.95. The topological polar surface area (TPSA) is 35.3 Å². The Labute approximate surface area is 153 Å². The van der Waals surface area contributed by atoms with Crippen LogP contribution in [-0.4, -0.2) is 4.98 Å². The van der Waals surface area contributed by atoms with Crippen molar-refractivity contribution in [2.75, 3.05) is 0 Å². The van der Waals surface area contributed by atoms with E-state index in [2.05, 4.69) is 49.2 Å². The Morgan fingerprint density at radius 3 is 2.31 bits per heavy atom. The lowest BCUT2D eigenvalue weighted by Gasteiger charge is -2.07. The normalized spacial score (nSPS) is 11.0. The standard InChI is InChI=1S/C23H21NO2/c1-15-4-6-18(7-5-15)14-25-20-10-8-19(9-11-20)23-24-21-13-16(2)12-17(3)22(21)26-23/h4-13H,14H2,1-3H3. The Kier molecular flexibility index (Phi) is 4.21. The van der Waals surface area contributed by atoms with Crippen molar-refractivity contribution >= 4 is 11.1 Å². The first-order valence-corrected chi connectivity index (χ1v) is 8.75. The van der Waals surface area contributed by atoms with Gasteiger partial charge in [-0.25, -0.2) is 4.98 Å². The fraction of sp³-hybridized carbons (Fsp3) is 0.174. The van der Waals surface area contributed by atoms with Gasteiger partial charge >= 0.3 is 0 Å². The number of rotatable bonds is 4. The molecule has 3 nitrogen and oxygen atoms in total. The molecule has 1 aromatic heterocycles. The Balaban J connectivity index is 1.52. The van der Waals surface area contributed by atoms with Gasteiger partial charge in [0.05, 0.1) is 0 Å². The van der Waals surface area contributed by atoms with Gasteiger partial charge in [-0.3, -0.25) is 0 Å². The van der Waals surface area contributed by atoms with Crippen molar-refractivity contribution < 1.29 is 9.15 Å². The van der Waals surface area contributed by atoms with Crippen LogP contribution in [0.2, 0.25) is 0 Å². The van der Waals surface area contributed by atoms with E-state index in [1.807, 2.05) is 37.3 Å². The number of oxazole rings is 1. The maximum absolute atomic E-state index is 5.97. The molecule has 0 aliphatic rings. The number of benzene rings is 3. The second-order valence-corrected chi connectivity index (χ2v) is 6.75. The molecule has 0 N–H and O–H groups in total. The predicted molar refractivity (Wildman–Crippen MR) is 104 cm³/mol. The van der Waals surface area contributed by atoms with E-state index in [0.717, 1.165) is 33.5 Å². The predicted octanol–water partition coefficient (Wildman–Crippen LogP) is 6.00. The average Bonchev–Trinajstić information content (AvgIpc) is 3.06. The van der Waals surface area contributed by atoms with Crippen molar-refractivity contribution in [3.63, 3.8) is 0 Å². The van der Waals surface area contributed by atoms with Crippen LogP contribution in [0.25, 0.3) is 22.6 Å². The summed E-state index contributed by atoms with van der Waals surface area (Å²) in [6.07, 6.45) is 0. The summed E-state index contributed by atoms with van der Waals surface area (Å²) in [4.78, 5) is 4.63. The number of aryl methyl sites for hydroxylation is 3. The zero-order valence-electron chi connectivity index (χ0n) is 15.2. The Morgan fingerprint density at radius 2 is 1.58 bits per heavy atom. The minimum atomic E-state index is 0.557. The van der Waals surface area contributed by atoms with Crippen LogP contribution in [0.5, 0.6) is 5.75 Å². The number of nitrogens with zero attached hydrogens (tertiary/aromatic N) is 1. The molecular formula is C23H21NO2. The molecule has 130 valence electrons. The molecule has 3 aromatic carbocycles. The van der Waals surface area contributed by atoms with Crippen LogP contribution >= 0.6 is 0 Å². The molecule has 0 aliphatic carbocycles. The minimum absolute atomic E-state index is 0.557. The maximum Gasteiger partial charge on any atom is 0.227 e. The molecule has 0 radical (unpaired) electrons. The monoisotopic (exact) mass is 343 g/mol. The van der Waals surface area contributed by atoms with Crippen molar-refractivity contribution in [2.45, 2.75) is 27.4 Å². The number of hydrogen-bond acceptors (Lipinski definition) is 3. The molecule has 0 atom stereocenters. The van der Waals surface area contributed by atoms with Crippen LogP contribution in [0.4, 0.5) is 0 Å². The summed E-state index contributed by atoms with van der Waals surface area (Å²) in [5, 5.41) is 0. The second kappa shape index (κ2) is 6.68. The minimum Gasteiger partial charge on any atom is -0.489 e. The summed E-state index contributed by atoms with van der Waals surface area (Å²) >= 11 is 0. The van der Waals surface area contributed by atoms with Crippen LogP contribution in [0.1, 0.15) is 22.3 Å². The third kappa shape index (κ3) is 3.33. The van der Waals surface area contributed by atoms with E-state index in [9.17, 15) is 0 Å². The molecule has 0 unspecified atom stereocenters. The molecule has 26 heavy (non-hydrogen) atoms. The first kappa shape index (κ1) is 16.4. The van der Waals surface area contributed by atoms with Crippen molar-refractivity contribution in [1.82, 2.24) is 4.98 Å². The van der Waals surface area contributed by atoms with Gasteiger partial charge in [0.15, 0.2) is 5.58 Å². The van der Waals surface area contributed by atoms with Gasteiger partial charge in [-0.05, 0) is 67.8 Å². The molecule has 3 heteroatoms. The molecule has 0 bridgehead atoms. The van der Waals surface area contributed by atoms with E-state index < -0.39 is 0 Å². The molecule has 0 amide bonds. The molecular weight excluding hydrogens is 322 g/mol. The van der Waals surface area contributed by atoms with Crippen LogP contribution < -0.4 is 4.74 Å². The van der Waals surface area contributed by atoms with Crippen molar-refractivity contribution in [3.05, 3.63) is 82.9 Å². The summed E-state index contributed by atoms with van der Waals surface area (Å²) in [7, 11) is 0. The Morgan fingerprint density at radius 1 is 0.846 bits per heavy atom. The van der Waals surface area contributed by atoms with Crippen LogP contribution in [-0.2, 0) is 6.61 Å². The highest BCUT2D eigenvalue weighted by Gasteiger charge is 2.11. The molecule has 1 heterocycles. The van der Waals surface area contributed by atoms with Crippen molar-refractivity contribution in [1.29, 1.82) is 0 Å².